The number of carbonyl (C=O) groups is 1. The molecule has 1 N–H and O–H groups in total. The summed E-state index contributed by atoms with van der Waals surface area (Å²) in [4.78, 5) is 32.1. The fourth-order valence-electron chi connectivity index (χ4n) is 6.10. The predicted molar refractivity (Wildman–Crippen MR) is 163 cm³/mol. The Morgan fingerprint density at radius 3 is 2.60 bits per heavy atom. The highest BCUT2D eigenvalue weighted by Crippen LogP contribution is 2.39. The molecule has 13 heteroatoms. The van der Waals surface area contributed by atoms with Gasteiger partial charge in [0.25, 0.3) is 0 Å². The maximum absolute atomic E-state index is 15.6. The summed E-state index contributed by atoms with van der Waals surface area (Å²) >= 11 is 0. The third-order valence-corrected chi connectivity index (χ3v) is 8.15. The molecular formula is C32H33FN8O4. The molecule has 1 amide bonds. The molecule has 0 radical (unpaired) electrons. The number of aromatic nitrogens is 6. The molecule has 2 saturated heterocycles. The number of fused-ring (bicyclic) bond motifs is 4. The lowest BCUT2D eigenvalue weighted by Crippen LogP contribution is -2.50. The first-order valence-corrected chi connectivity index (χ1v) is 14.9. The lowest BCUT2D eigenvalue weighted by molar-refractivity contribution is -0.00758. The van der Waals surface area contributed by atoms with E-state index in [0.717, 1.165) is 12.8 Å². The number of piperidine rings is 1. The van der Waals surface area contributed by atoms with Crippen molar-refractivity contribution in [3.05, 3.63) is 66.8 Å². The van der Waals surface area contributed by atoms with Crippen molar-refractivity contribution in [3.63, 3.8) is 0 Å². The van der Waals surface area contributed by atoms with Crippen LogP contribution in [0.1, 0.15) is 52.0 Å². The van der Waals surface area contributed by atoms with Gasteiger partial charge in [-0.1, -0.05) is 0 Å². The SMILES string of the molecule is Cc1c(Oc2ccn3ncnc3c2)ccc(Nc2ncnc3cnc(OC4C[C@H]5CC[C@@H](C4)N5C(=O)OC(C)(C)C)cc23)c1F. The summed E-state index contributed by atoms with van der Waals surface area (Å²) in [6, 6.07) is 8.66. The summed E-state index contributed by atoms with van der Waals surface area (Å²) in [6.45, 7) is 7.29. The second-order valence-corrected chi connectivity index (χ2v) is 12.4. The molecule has 1 unspecified atom stereocenters. The third-order valence-electron chi connectivity index (χ3n) is 8.15. The molecule has 5 aromatic rings. The van der Waals surface area contributed by atoms with Crippen molar-refractivity contribution >= 4 is 34.1 Å². The van der Waals surface area contributed by atoms with Gasteiger partial charge in [0, 0.05) is 54.2 Å². The predicted octanol–water partition coefficient (Wildman–Crippen LogP) is 6.36. The van der Waals surface area contributed by atoms with Crippen LogP contribution in [0.3, 0.4) is 0 Å². The van der Waals surface area contributed by atoms with Gasteiger partial charge in [-0.25, -0.2) is 33.6 Å². The number of nitrogens with one attached hydrogen (secondary N) is 1. The van der Waals surface area contributed by atoms with Crippen molar-refractivity contribution in [2.75, 3.05) is 5.32 Å². The number of hydrogen-bond acceptors (Lipinski definition) is 10. The minimum atomic E-state index is -0.543. The summed E-state index contributed by atoms with van der Waals surface area (Å²) in [7, 11) is 0. The highest BCUT2D eigenvalue weighted by atomic mass is 19.1. The molecule has 1 aromatic carbocycles. The van der Waals surface area contributed by atoms with Crippen LogP contribution in [0.4, 0.5) is 20.7 Å². The fourth-order valence-corrected chi connectivity index (χ4v) is 6.10. The van der Waals surface area contributed by atoms with Crippen molar-refractivity contribution in [2.24, 2.45) is 0 Å². The monoisotopic (exact) mass is 612 g/mol. The highest BCUT2D eigenvalue weighted by molar-refractivity contribution is 5.90. The zero-order chi connectivity index (χ0) is 31.3. The normalized spacial score (nSPS) is 19.6. The van der Waals surface area contributed by atoms with Gasteiger partial charge in [0.15, 0.2) is 11.5 Å². The summed E-state index contributed by atoms with van der Waals surface area (Å²) in [5.74, 6) is 1.25. The van der Waals surface area contributed by atoms with Crippen LogP contribution in [0.2, 0.25) is 0 Å². The summed E-state index contributed by atoms with van der Waals surface area (Å²) in [5, 5.41) is 7.82. The second kappa shape index (κ2) is 11.1. The molecule has 2 fully saturated rings. The lowest BCUT2D eigenvalue weighted by atomic mass is 10.0. The average Bonchev–Trinajstić information content (AvgIpc) is 3.57. The number of pyridine rings is 2. The molecule has 2 bridgehead atoms. The molecule has 0 saturated carbocycles. The van der Waals surface area contributed by atoms with E-state index in [9.17, 15) is 4.79 Å². The topological polar surface area (TPSA) is 129 Å². The first kappa shape index (κ1) is 28.7. The molecule has 6 heterocycles. The zero-order valence-corrected chi connectivity index (χ0v) is 25.4. The van der Waals surface area contributed by atoms with E-state index in [2.05, 4.69) is 30.4 Å². The number of anilines is 2. The second-order valence-electron chi connectivity index (χ2n) is 12.4. The van der Waals surface area contributed by atoms with Crippen LogP contribution in [-0.2, 0) is 4.74 Å². The summed E-state index contributed by atoms with van der Waals surface area (Å²) < 4.78 is 35.2. The Hall–Kier alpha value is -5.07. The van der Waals surface area contributed by atoms with Crippen LogP contribution in [0.15, 0.2) is 55.4 Å². The Kier molecular flexibility index (Phi) is 7.10. The van der Waals surface area contributed by atoms with E-state index >= 15 is 4.39 Å². The van der Waals surface area contributed by atoms with Crippen LogP contribution >= 0.6 is 0 Å². The molecule has 0 spiro atoms. The van der Waals surface area contributed by atoms with E-state index in [4.69, 9.17) is 14.2 Å². The van der Waals surface area contributed by atoms with Crippen molar-refractivity contribution < 1.29 is 23.4 Å². The number of nitrogens with zero attached hydrogens (tertiary/aromatic N) is 7. The Bertz CT molecular complexity index is 1890. The van der Waals surface area contributed by atoms with Gasteiger partial charge < -0.3 is 24.4 Å². The number of hydrogen-bond donors (Lipinski definition) is 1. The van der Waals surface area contributed by atoms with Gasteiger partial charge >= 0.3 is 6.09 Å². The van der Waals surface area contributed by atoms with Crippen molar-refractivity contribution in [2.45, 2.75) is 77.2 Å². The Labute approximate surface area is 258 Å². The van der Waals surface area contributed by atoms with Gasteiger partial charge in [0.2, 0.25) is 5.88 Å². The molecular weight excluding hydrogens is 579 g/mol. The average molecular weight is 613 g/mol. The van der Waals surface area contributed by atoms with Gasteiger partial charge in [-0.05, 0) is 58.7 Å². The first-order valence-electron chi connectivity index (χ1n) is 14.9. The molecule has 2 aliphatic rings. The fraction of sp³-hybridized carbons (Fsp3) is 0.375. The Balaban J connectivity index is 1.07. The zero-order valence-electron chi connectivity index (χ0n) is 25.4. The largest absolute Gasteiger partial charge is 0.474 e. The maximum atomic E-state index is 15.6. The van der Waals surface area contributed by atoms with Crippen LogP contribution in [-0.4, -0.2) is 64.3 Å². The van der Waals surface area contributed by atoms with Gasteiger partial charge in [0.05, 0.1) is 17.4 Å². The smallest absolute Gasteiger partial charge is 0.410 e. The molecule has 3 atom stereocenters. The molecule has 7 rings (SSSR count). The molecule has 0 aliphatic carbocycles. The highest BCUT2D eigenvalue weighted by Gasteiger charge is 2.45. The van der Waals surface area contributed by atoms with Crippen LogP contribution in [0.5, 0.6) is 17.4 Å². The third kappa shape index (κ3) is 5.77. The minimum absolute atomic E-state index is 0.0633. The van der Waals surface area contributed by atoms with Crippen LogP contribution < -0.4 is 14.8 Å². The van der Waals surface area contributed by atoms with Gasteiger partial charge in [-0.3, -0.25) is 0 Å². The molecule has 232 valence electrons. The number of halogens is 1. The van der Waals surface area contributed by atoms with Gasteiger partial charge in [-0.2, -0.15) is 5.10 Å². The molecule has 12 nitrogen and oxygen atoms in total. The summed E-state index contributed by atoms with van der Waals surface area (Å²) in [5.41, 5.74) is 1.23. The van der Waals surface area contributed by atoms with E-state index in [1.54, 1.807) is 54.2 Å². The number of benzene rings is 1. The van der Waals surface area contributed by atoms with Crippen LogP contribution in [0, 0.1) is 12.7 Å². The minimum Gasteiger partial charge on any atom is -0.474 e. The van der Waals surface area contributed by atoms with Crippen molar-refractivity contribution in [1.29, 1.82) is 0 Å². The quantitative estimate of drug-likeness (QED) is 0.231. The number of ether oxygens (including phenoxy) is 3. The van der Waals surface area contributed by atoms with Crippen molar-refractivity contribution in [3.8, 4) is 17.4 Å². The first-order chi connectivity index (χ1) is 21.6. The van der Waals surface area contributed by atoms with Gasteiger partial charge in [0.1, 0.15) is 41.7 Å². The van der Waals surface area contributed by atoms with E-state index in [1.165, 1.54) is 12.7 Å². The van der Waals surface area contributed by atoms with Gasteiger partial charge in [-0.15, -0.1) is 0 Å². The standard InChI is InChI=1S/C32H33FN8O4/c1-18-26(43-21-9-10-40-27(13-21)36-17-38-40)8-7-24(29(18)33)39-30-23-14-28(34-15-25(23)35-16-37-30)44-22-11-19-5-6-20(12-22)41(19)31(42)45-32(2,3)4/h7-10,13-17,19-20,22H,5-6,11-12H2,1-4H3,(H,35,37,39)/t19-,20+,22?. The van der Waals surface area contributed by atoms with Crippen molar-refractivity contribution in [1.82, 2.24) is 34.4 Å². The van der Waals surface area contributed by atoms with E-state index < -0.39 is 11.4 Å². The van der Waals surface area contributed by atoms with Crippen LogP contribution in [0.25, 0.3) is 16.6 Å². The lowest BCUT2D eigenvalue weighted by Gasteiger charge is -2.39. The molecule has 4 aromatic heterocycles. The molecule has 45 heavy (non-hydrogen) atoms. The number of amides is 1. The van der Waals surface area contributed by atoms with E-state index in [1.807, 2.05) is 25.7 Å². The Morgan fingerprint density at radius 1 is 1.02 bits per heavy atom. The van der Waals surface area contributed by atoms with E-state index in [0.29, 0.717) is 58.2 Å². The number of carbonyl (C=O) groups excluding carboxylic acids is 1. The van der Waals surface area contributed by atoms with E-state index in [-0.39, 0.29) is 30.0 Å². The summed E-state index contributed by atoms with van der Waals surface area (Å²) in [6.07, 6.45) is 9.05. The number of rotatable bonds is 6. The molecule has 2 aliphatic heterocycles. The maximum Gasteiger partial charge on any atom is 0.410 e. The Morgan fingerprint density at radius 2 is 1.82 bits per heavy atom.